The Morgan fingerprint density at radius 2 is 1.45 bits per heavy atom. The van der Waals surface area contributed by atoms with E-state index < -0.39 is 68.1 Å². The molecule has 4 N–H and O–H groups in total. The van der Waals surface area contributed by atoms with E-state index in [1.54, 1.807) is 26.0 Å². The van der Waals surface area contributed by atoms with Crippen molar-refractivity contribution in [1.82, 2.24) is 10.6 Å². The van der Waals surface area contributed by atoms with Gasteiger partial charge < -0.3 is 19.9 Å². The lowest BCUT2D eigenvalue weighted by Crippen LogP contribution is -2.43. The third kappa shape index (κ3) is 11.2. The Morgan fingerprint density at radius 3 is 2.00 bits per heavy atom. The highest BCUT2D eigenvalue weighted by atomic mass is 31.2. The SMILES string of the molecule is CC(NC(=O)OC(C)OC(=O)C(C)C)OP(=O)(CC(Cc1ccc(-c2ccccc2)cc1)C(=O)NC(C)C(=O)O)OO. The topological polar surface area (TPSA) is 187 Å². The van der Waals surface area contributed by atoms with Crippen molar-refractivity contribution in [2.45, 2.75) is 59.6 Å². The van der Waals surface area contributed by atoms with Crippen molar-refractivity contribution in [2.24, 2.45) is 11.8 Å². The van der Waals surface area contributed by atoms with Crippen molar-refractivity contribution in [1.29, 1.82) is 0 Å². The number of hydrogen-bond donors (Lipinski definition) is 4. The van der Waals surface area contributed by atoms with Crippen molar-refractivity contribution >= 4 is 31.5 Å². The fourth-order valence-corrected chi connectivity index (χ4v) is 5.25. The molecule has 42 heavy (non-hydrogen) atoms. The number of nitrogens with one attached hydrogen (secondary N) is 2. The highest BCUT2D eigenvalue weighted by Crippen LogP contribution is 2.50. The number of aliphatic carboxylic acids is 1. The number of hydrogen-bond acceptors (Lipinski definition) is 10. The van der Waals surface area contributed by atoms with Gasteiger partial charge >= 0.3 is 25.6 Å². The van der Waals surface area contributed by atoms with Crippen LogP contribution in [0.15, 0.2) is 54.6 Å². The molecular formula is C28H37N2O11P. The Morgan fingerprint density at radius 1 is 0.857 bits per heavy atom. The normalized spacial score (nSPS) is 15.4. The maximum atomic E-state index is 13.3. The minimum absolute atomic E-state index is 0.00740. The molecule has 2 aromatic carbocycles. The second kappa shape index (κ2) is 16.0. The van der Waals surface area contributed by atoms with Gasteiger partial charge in [0.05, 0.1) is 18.0 Å². The van der Waals surface area contributed by atoms with Crippen LogP contribution < -0.4 is 10.6 Å². The van der Waals surface area contributed by atoms with Gasteiger partial charge in [0.2, 0.25) is 12.2 Å². The minimum atomic E-state index is -4.46. The number of ether oxygens (including phenoxy) is 2. The van der Waals surface area contributed by atoms with E-state index in [1.165, 1.54) is 20.8 Å². The molecular weight excluding hydrogens is 571 g/mol. The Kier molecular flexibility index (Phi) is 13.1. The number of carbonyl (C=O) groups is 4. The zero-order chi connectivity index (χ0) is 31.4. The van der Waals surface area contributed by atoms with Crippen LogP contribution in [0, 0.1) is 11.8 Å². The smallest absolute Gasteiger partial charge is 0.412 e. The number of esters is 1. The van der Waals surface area contributed by atoms with Gasteiger partial charge in [-0.25, -0.2) is 10.1 Å². The van der Waals surface area contributed by atoms with Gasteiger partial charge in [0.1, 0.15) is 12.3 Å². The fourth-order valence-electron chi connectivity index (χ4n) is 3.69. The molecule has 0 aliphatic carbocycles. The van der Waals surface area contributed by atoms with Crippen molar-refractivity contribution in [2.75, 3.05) is 6.16 Å². The lowest BCUT2D eigenvalue weighted by molar-refractivity contribution is -0.169. The van der Waals surface area contributed by atoms with Gasteiger partial charge in [0.25, 0.3) is 0 Å². The molecule has 2 amide bonds. The number of carboxylic acid groups (broad SMARTS) is 1. The molecule has 0 heterocycles. The van der Waals surface area contributed by atoms with Gasteiger partial charge in [-0.2, -0.15) is 4.67 Å². The molecule has 0 aliphatic rings. The molecule has 0 spiro atoms. The van der Waals surface area contributed by atoms with Gasteiger partial charge in [0.15, 0.2) is 0 Å². The first-order valence-corrected chi connectivity index (χ1v) is 14.9. The summed E-state index contributed by atoms with van der Waals surface area (Å²) in [6, 6.07) is 15.5. The summed E-state index contributed by atoms with van der Waals surface area (Å²) in [6.07, 6.45) is -4.34. The molecule has 2 rings (SSSR count). The van der Waals surface area contributed by atoms with E-state index in [-0.39, 0.29) is 6.42 Å². The number of benzene rings is 2. The maximum Gasteiger partial charge on any atom is 0.412 e. The standard InChI is InChI=1S/C28H37N2O11P/c1-17(2)27(34)38-20(5)39-28(35)30-19(4)40-42(37,41-36)16-24(25(31)29-18(3)26(32)33)15-21-11-13-23(14-12-21)22-9-7-6-8-10-22/h6-14,17-20,24,36H,15-16H2,1-5H3,(H,29,31)(H,30,35)(H,32,33). The molecule has 0 saturated heterocycles. The van der Waals surface area contributed by atoms with Gasteiger partial charge in [-0.3, -0.25) is 28.8 Å². The van der Waals surface area contributed by atoms with Crippen LogP contribution in [-0.4, -0.2) is 59.0 Å². The van der Waals surface area contributed by atoms with E-state index in [1.807, 2.05) is 42.5 Å². The lowest BCUT2D eigenvalue weighted by atomic mass is 9.97. The predicted molar refractivity (Wildman–Crippen MR) is 151 cm³/mol. The van der Waals surface area contributed by atoms with Gasteiger partial charge in [-0.1, -0.05) is 68.4 Å². The van der Waals surface area contributed by atoms with Crippen LogP contribution >= 0.6 is 7.60 Å². The van der Waals surface area contributed by atoms with Crippen LogP contribution in [0.3, 0.4) is 0 Å². The second-order valence-electron chi connectivity index (χ2n) is 9.86. The first kappa shape index (κ1) is 34.4. The van der Waals surface area contributed by atoms with E-state index in [0.29, 0.717) is 5.56 Å². The first-order chi connectivity index (χ1) is 19.7. The third-order valence-electron chi connectivity index (χ3n) is 5.88. The van der Waals surface area contributed by atoms with Crippen LogP contribution in [0.5, 0.6) is 0 Å². The summed E-state index contributed by atoms with van der Waals surface area (Å²) in [7, 11) is -4.46. The zero-order valence-corrected chi connectivity index (χ0v) is 24.9. The van der Waals surface area contributed by atoms with E-state index in [2.05, 4.69) is 15.3 Å². The lowest BCUT2D eigenvalue weighted by Gasteiger charge is -2.25. The summed E-state index contributed by atoms with van der Waals surface area (Å²) >= 11 is 0. The molecule has 0 bridgehead atoms. The summed E-state index contributed by atoms with van der Waals surface area (Å²) in [5.74, 6) is -4.24. The maximum absolute atomic E-state index is 13.3. The van der Waals surface area contributed by atoms with Crippen molar-refractivity contribution in [3.63, 3.8) is 0 Å². The number of alkyl carbamates (subject to hydrolysis) is 1. The van der Waals surface area contributed by atoms with Crippen molar-refractivity contribution < 1.29 is 52.8 Å². The Bertz CT molecular complexity index is 1250. The molecule has 0 fully saturated rings. The Hall–Kier alpha value is -3.77. The summed E-state index contributed by atoms with van der Waals surface area (Å²) in [5, 5.41) is 23.2. The molecule has 0 saturated carbocycles. The van der Waals surface area contributed by atoms with E-state index >= 15 is 0 Å². The molecule has 230 valence electrons. The average molecular weight is 609 g/mol. The number of carbonyl (C=O) groups excluding carboxylic acids is 3. The van der Waals surface area contributed by atoms with Crippen LogP contribution in [-0.2, 0) is 44.0 Å². The van der Waals surface area contributed by atoms with Crippen molar-refractivity contribution in [3.8, 4) is 11.1 Å². The van der Waals surface area contributed by atoms with Gasteiger partial charge in [0, 0.05) is 6.92 Å². The highest BCUT2D eigenvalue weighted by molar-refractivity contribution is 7.53. The minimum Gasteiger partial charge on any atom is -0.480 e. The molecule has 0 radical (unpaired) electrons. The molecule has 0 aliphatic heterocycles. The Balaban J connectivity index is 2.14. The predicted octanol–water partition coefficient (Wildman–Crippen LogP) is 4.42. The monoisotopic (exact) mass is 608 g/mol. The quantitative estimate of drug-likeness (QED) is 0.0737. The van der Waals surface area contributed by atoms with Crippen LogP contribution in [0.25, 0.3) is 11.1 Å². The molecule has 13 nitrogen and oxygen atoms in total. The zero-order valence-electron chi connectivity index (χ0n) is 24.0. The van der Waals surface area contributed by atoms with E-state index in [9.17, 15) is 34.1 Å². The van der Waals surface area contributed by atoms with E-state index in [4.69, 9.17) is 14.0 Å². The number of carboxylic acids is 1. The second-order valence-corrected chi connectivity index (χ2v) is 11.8. The first-order valence-electron chi connectivity index (χ1n) is 13.2. The highest BCUT2D eigenvalue weighted by Gasteiger charge is 2.36. The van der Waals surface area contributed by atoms with E-state index in [0.717, 1.165) is 11.1 Å². The third-order valence-corrected chi connectivity index (χ3v) is 7.65. The van der Waals surface area contributed by atoms with Crippen molar-refractivity contribution in [3.05, 3.63) is 60.2 Å². The summed E-state index contributed by atoms with van der Waals surface area (Å²) < 4.78 is 32.6. The molecule has 5 unspecified atom stereocenters. The number of rotatable bonds is 15. The summed E-state index contributed by atoms with van der Waals surface area (Å²) in [4.78, 5) is 48.2. The van der Waals surface area contributed by atoms with Gasteiger partial charge in [-0.05, 0) is 37.0 Å². The van der Waals surface area contributed by atoms with Crippen LogP contribution in [0.2, 0.25) is 0 Å². The van der Waals surface area contributed by atoms with Gasteiger partial charge in [-0.15, -0.1) is 0 Å². The summed E-state index contributed by atoms with van der Waals surface area (Å²) in [5.41, 5.74) is 2.56. The summed E-state index contributed by atoms with van der Waals surface area (Å²) in [6.45, 7) is 7.06. The molecule has 0 aromatic heterocycles. The average Bonchev–Trinajstić information content (AvgIpc) is 2.93. The largest absolute Gasteiger partial charge is 0.480 e. The molecule has 5 atom stereocenters. The molecule has 2 aromatic rings. The fraction of sp³-hybridized carbons (Fsp3) is 0.429. The van der Waals surface area contributed by atoms with Crippen LogP contribution in [0.4, 0.5) is 4.79 Å². The molecule has 14 heteroatoms. The van der Waals surface area contributed by atoms with Crippen LogP contribution in [0.1, 0.15) is 40.2 Å². The number of amides is 2. The Labute approximate surface area is 244 Å².